The molecule has 4 fully saturated rings. The number of hydrogen-bond donors (Lipinski definition) is 2. The number of nitrogens with zero attached hydrogens (tertiary/aromatic N) is 1. The van der Waals surface area contributed by atoms with Gasteiger partial charge in [0.05, 0.1) is 0 Å². The Morgan fingerprint density at radius 3 is 2.46 bits per heavy atom. The molecule has 0 spiro atoms. The molecule has 0 radical (unpaired) electrons. The summed E-state index contributed by atoms with van der Waals surface area (Å²) < 4.78 is 0. The smallest absolute Gasteiger partial charge is 0.226 e. The second-order valence-corrected chi connectivity index (χ2v) is 8.04. The normalized spacial score (nSPS) is 39.1. The first-order chi connectivity index (χ1) is 11.2. The van der Waals surface area contributed by atoms with E-state index in [1.807, 2.05) is 0 Å². The highest BCUT2D eigenvalue weighted by atomic mass is 35.5. The van der Waals surface area contributed by atoms with Crippen molar-refractivity contribution in [2.75, 3.05) is 19.6 Å². The third-order valence-electron chi connectivity index (χ3n) is 6.84. The van der Waals surface area contributed by atoms with Crippen LogP contribution >= 0.6 is 12.4 Å². The van der Waals surface area contributed by atoms with Gasteiger partial charge in [0, 0.05) is 38.0 Å². The van der Waals surface area contributed by atoms with Gasteiger partial charge in [-0.2, -0.15) is 0 Å². The van der Waals surface area contributed by atoms with Crippen molar-refractivity contribution in [1.29, 1.82) is 0 Å². The van der Waals surface area contributed by atoms with Gasteiger partial charge < -0.3 is 16.0 Å². The Morgan fingerprint density at radius 2 is 1.79 bits per heavy atom. The van der Waals surface area contributed by atoms with Crippen molar-refractivity contribution < 1.29 is 9.59 Å². The van der Waals surface area contributed by atoms with Gasteiger partial charge >= 0.3 is 0 Å². The fourth-order valence-electron chi connectivity index (χ4n) is 5.80. The number of likely N-dealkylation sites (tertiary alicyclic amines) is 1. The van der Waals surface area contributed by atoms with Gasteiger partial charge in [-0.25, -0.2) is 0 Å². The molecule has 1 aliphatic heterocycles. The Hall–Kier alpha value is -0.810. The van der Waals surface area contributed by atoms with Crippen molar-refractivity contribution in [1.82, 2.24) is 10.2 Å². The molecule has 4 aliphatic rings. The minimum absolute atomic E-state index is 0. The summed E-state index contributed by atoms with van der Waals surface area (Å²) in [5.41, 5.74) is 5.42. The molecule has 5 unspecified atom stereocenters. The Kier molecular flexibility index (Phi) is 5.40. The third-order valence-corrected chi connectivity index (χ3v) is 6.84. The average Bonchev–Trinajstić information content (AvgIpc) is 3.00. The number of hydrogen-bond acceptors (Lipinski definition) is 3. The number of amides is 2. The summed E-state index contributed by atoms with van der Waals surface area (Å²) in [6, 6.07) is 0.192. The summed E-state index contributed by atoms with van der Waals surface area (Å²) in [5, 5.41) is 2.96. The summed E-state index contributed by atoms with van der Waals surface area (Å²) in [6.45, 7) is 1.86. The van der Waals surface area contributed by atoms with E-state index in [-0.39, 0.29) is 24.4 Å². The molecule has 2 amide bonds. The van der Waals surface area contributed by atoms with E-state index < -0.39 is 0 Å². The number of nitrogens with two attached hydrogens (primary N) is 1. The van der Waals surface area contributed by atoms with Crippen molar-refractivity contribution in [2.24, 2.45) is 35.3 Å². The summed E-state index contributed by atoms with van der Waals surface area (Å²) in [5.74, 6) is 3.81. The van der Waals surface area contributed by atoms with Gasteiger partial charge in [0.1, 0.15) is 0 Å². The first kappa shape index (κ1) is 18.0. The highest BCUT2D eigenvalue weighted by Crippen LogP contribution is 2.69. The number of fused-ring (bicyclic) bond motifs is 5. The lowest BCUT2D eigenvalue weighted by Gasteiger charge is -2.36. The van der Waals surface area contributed by atoms with Crippen molar-refractivity contribution in [2.45, 2.75) is 51.0 Å². The van der Waals surface area contributed by atoms with E-state index in [4.69, 9.17) is 5.73 Å². The Bertz CT molecular complexity index is 485. The minimum Gasteiger partial charge on any atom is -0.354 e. The van der Waals surface area contributed by atoms with E-state index in [9.17, 15) is 9.59 Å². The highest BCUT2D eigenvalue weighted by Gasteiger charge is 2.68. The van der Waals surface area contributed by atoms with E-state index in [2.05, 4.69) is 10.2 Å². The molecule has 4 rings (SSSR count). The quantitative estimate of drug-likeness (QED) is 0.785. The molecule has 3 aliphatic carbocycles. The Morgan fingerprint density at radius 1 is 1.08 bits per heavy atom. The molecule has 1 heterocycles. The average molecular weight is 356 g/mol. The van der Waals surface area contributed by atoms with Crippen LogP contribution in [0.25, 0.3) is 0 Å². The van der Waals surface area contributed by atoms with Crippen LogP contribution in [0.1, 0.15) is 44.9 Å². The van der Waals surface area contributed by atoms with Gasteiger partial charge in [0.25, 0.3) is 0 Å². The van der Waals surface area contributed by atoms with Crippen LogP contribution in [0, 0.1) is 29.6 Å². The number of carbonyl (C=O) groups is 2. The lowest BCUT2D eigenvalue weighted by molar-refractivity contribution is -0.138. The fourth-order valence-corrected chi connectivity index (χ4v) is 5.80. The van der Waals surface area contributed by atoms with Gasteiger partial charge in [-0.15, -0.1) is 12.4 Å². The van der Waals surface area contributed by atoms with Crippen LogP contribution in [-0.2, 0) is 9.59 Å². The molecule has 0 aromatic heterocycles. The lowest BCUT2D eigenvalue weighted by Crippen LogP contribution is -2.50. The van der Waals surface area contributed by atoms with Gasteiger partial charge in [0.2, 0.25) is 11.8 Å². The van der Waals surface area contributed by atoms with Gasteiger partial charge in [-0.05, 0) is 62.2 Å². The van der Waals surface area contributed by atoms with Crippen molar-refractivity contribution in [3.63, 3.8) is 0 Å². The standard InChI is InChI=1S/C18H29N3O2.ClH/c19-7-6-14(22)20-10-13-3-1-2-8-21(13)18(23)17-15-11-4-5-12(9-11)16(15)17;/h11-13,15-17H,1-10,19H2,(H,20,22);1H. The van der Waals surface area contributed by atoms with Crippen LogP contribution in [0.2, 0.25) is 0 Å². The number of nitrogens with one attached hydrogen (secondary N) is 1. The van der Waals surface area contributed by atoms with E-state index >= 15 is 0 Å². The van der Waals surface area contributed by atoms with Crippen LogP contribution in [0.4, 0.5) is 0 Å². The second-order valence-electron chi connectivity index (χ2n) is 8.04. The Labute approximate surface area is 150 Å². The predicted octanol–water partition coefficient (Wildman–Crippen LogP) is 1.55. The van der Waals surface area contributed by atoms with Crippen LogP contribution in [0.5, 0.6) is 0 Å². The zero-order chi connectivity index (χ0) is 16.0. The van der Waals surface area contributed by atoms with Crippen molar-refractivity contribution in [3.8, 4) is 0 Å². The molecule has 3 N–H and O–H groups in total. The minimum atomic E-state index is 0. The monoisotopic (exact) mass is 355 g/mol. The number of rotatable bonds is 5. The number of carbonyl (C=O) groups excluding carboxylic acids is 2. The van der Waals surface area contributed by atoms with E-state index in [0.717, 1.165) is 37.6 Å². The molecule has 3 saturated carbocycles. The van der Waals surface area contributed by atoms with Gasteiger partial charge in [-0.3, -0.25) is 9.59 Å². The van der Waals surface area contributed by atoms with Crippen LogP contribution in [-0.4, -0.2) is 42.4 Å². The maximum atomic E-state index is 13.1. The number of halogens is 1. The van der Waals surface area contributed by atoms with Gasteiger partial charge in [-0.1, -0.05) is 0 Å². The zero-order valence-corrected chi connectivity index (χ0v) is 15.1. The first-order valence-electron chi connectivity index (χ1n) is 9.48. The molecule has 6 heteroatoms. The fraction of sp³-hybridized carbons (Fsp3) is 0.889. The summed E-state index contributed by atoms with van der Waals surface area (Å²) >= 11 is 0. The van der Waals surface area contributed by atoms with Crippen LogP contribution < -0.4 is 11.1 Å². The largest absolute Gasteiger partial charge is 0.354 e. The molecular weight excluding hydrogens is 326 g/mol. The van der Waals surface area contributed by atoms with Crippen molar-refractivity contribution in [3.05, 3.63) is 0 Å². The van der Waals surface area contributed by atoms with E-state index in [0.29, 0.717) is 43.2 Å². The molecule has 24 heavy (non-hydrogen) atoms. The molecule has 0 aromatic carbocycles. The molecule has 1 saturated heterocycles. The second kappa shape index (κ2) is 7.20. The topological polar surface area (TPSA) is 75.4 Å². The van der Waals surface area contributed by atoms with Crippen LogP contribution in [0.15, 0.2) is 0 Å². The van der Waals surface area contributed by atoms with E-state index in [1.54, 1.807) is 0 Å². The summed E-state index contributed by atoms with van der Waals surface area (Å²) in [4.78, 5) is 26.8. The van der Waals surface area contributed by atoms with E-state index in [1.165, 1.54) is 19.3 Å². The molecular formula is C18H30ClN3O2. The summed E-state index contributed by atoms with van der Waals surface area (Å²) in [7, 11) is 0. The first-order valence-corrected chi connectivity index (χ1v) is 9.48. The Balaban J connectivity index is 0.00000169. The molecule has 136 valence electrons. The molecule has 5 nitrogen and oxygen atoms in total. The molecule has 0 aromatic rings. The zero-order valence-electron chi connectivity index (χ0n) is 14.3. The predicted molar refractivity (Wildman–Crippen MR) is 94.6 cm³/mol. The number of piperidine rings is 1. The summed E-state index contributed by atoms with van der Waals surface area (Å²) in [6.07, 6.45) is 7.75. The lowest BCUT2D eigenvalue weighted by atomic mass is 9.97. The molecule has 5 atom stereocenters. The highest BCUT2D eigenvalue weighted by molar-refractivity contribution is 5.85. The maximum absolute atomic E-state index is 13.1. The third kappa shape index (κ3) is 3.05. The van der Waals surface area contributed by atoms with Gasteiger partial charge in [0.15, 0.2) is 0 Å². The van der Waals surface area contributed by atoms with Crippen LogP contribution in [0.3, 0.4) is 0 Å². The van der Waals surface area contributed by atoms with Crippen molar-refractivity contribution >= 4 is 24.2 Å². The SMILES string of the molecule is Cl.NCCC(=O)NCC1CCCCN1C(=O)C1C2C3CCC(C3)C12. The maximum Gasteiger partial charge on any atom is 0.226 e. The molecule has 2 bridgehead atoms.